The van der Waals surface area contributed by atoms with Crippen LogP contribution in [0.15, 0.2) is 0 Å². The summed E-state index contributed by atoms with van der Waals surface area (Å²) < 4.78 is 5.51. The molecule has 0 spiro atoms. The van der Waals surface area contributed by atoms with Crippen LogP contribution in [0.4, 0.5) is 0 Å². The van der Waals surface area contributed by atoms with Crippen molar-refractivity contribution in [1.82, 2.24) is 0 Å². The maximum absolute atomic E-state index is 11.2. The van der Waals surface area contributed by atoms with E-state index in [1.165, 1.54) is 51.4 Å². The van der Waals surface area contributed by atoms with Gasteiger partial charge in [0.2, 0.25) is 0 Å². The first kappa shape index (κ1) is 15.5. The van der Waals surface area contributed by atoms with Gasteiger partial charge in [0.15, 0.2) is 0 Å². The fraction of sp³-hybridized carbons (Fsp3) is 0.938. The Kier molecular flexibility index (Phi) is 7.38. The predicted octanol–water partition coefficient (Wildman–Crippen LogP) is 4.71. The zero-order valence-electron chi connectivity index (χ0n) is 12.4. The first-order chi connectivity index (χ1) is 8.67. The van der Waals surface area contributed by atoms with Gasteiger partial charge >= 0.3 is 5.97 Å². The van der Waals surface area contributed by atoms with Crippen molar-refractivity contribution in [3.63, 3.8) is 0 Å². The number of carbonyl (C=O) groups excluding carboxylic acids is 1. The van der Waals surface area contributed by atoms with Crippen LogP contribution in [0, 0.1) is 11.8 Å². The maximum atomic E-state index is 11.2. The molecule has 1 saturated carbocycles. The van der Waals surface area contributed by atoms with Gasteiger partial charge in [-0.2, -0.15) is 0 Å². The van der Waals surface area contributed by atoms with Crippen molar-refractivity contribution < 1.29 is 9.53 Å². The van der Waals surface area contributed by atoms with E-state index >= 15 is 0 Å². The van der Waals surface area contributed by atoms with Gasteiger partial charge in [0.05, 0.1) is 0 Å². The summed E-state index contributed by atoms with van der Waals surface area (Å²) >= 11 is 0. The van der Waals surface area contributed by atoms with E-state index in [4.69, 9.17) is 4.74 Å². The molecule has 0 aliphatic heterocycles. The molecule has 0 aromatic rings. The highest BCUT2D eigenvalue weighted by molar-refractivity contribution is 5.66. The molecule has 0 unspecified atom stereocenters. The zero-order chi connectivity index (χ0) is 13.4. The van der Waals surface area contributed by atoms with Gasteiger partial charge in [-0.1, -0.05) is 46.0 Å². The predicted molar refractivity (Wildman–Crippen MR) is 75.4 cm³/mol. The van der Waals surface area contributed by atoms with Crippen LogP contribution in [0.25, 0.3) is 0 Å². The number of unbranched alkanes of at least 4 members (excludes halogenated alkanes) is 1. The van der Waals surface area contributed by atoms with Crippen molar-refractivity contribution >= 4 is 5.97 Å². The van der Waals surface area contributed by atoms with Crippen LogP contribution >= 0.6 is 0 Å². The summed E-state index contributed by atoms with van der Waals surface area (Å²) in [4.78, 5) is 11.2. The Morgan fingerprint density at radius 3 is 2.61 bits per heavy atom. The third-order valence-electron chi connectivity index (χ3n) is 4.34. The first-order valence-electron chi connectivity index (χ1n) is 7.84. The Morgan fingerprint density at radius 1 is 1.28 bits per heavy atom. The Morgan fingerprint density at radius 2 is 2.00 bits per heavy atom. The molecule has 1 fully saturated rings. The summed E-state index contributed by atoms with van der Waals surface area (Å²) in [6.07, 6.45) is 11.6. The molecule has 0 radical (unpaired) electrons. The fourth-order valence-corrected chi connectivity index (χ4v) is 3.22. The SMILES string of the molecule is CCCC[C@H](CC)C[C@@H]1CCCC[C@@H]1OC(C)=O. The lowest BCUT2D eigenvalue weighted by atomic mass is 9.78. The van der Waals surface area contributed by atoms with Crippen molar-refractivity contribution in [3.8, 4) is 0 Å². The molecule has 0 aromatic carbocycles. The Hall–Kier alpha value is -0.530. The van der Waals surface area contributed by atoms with E-state index in [2.05, 4.69) is 13.8 Å². The molecule has 1 aliphatic rings. The van der Waals surface area contributed by atoms with Crippen LogP contribution in [0.2, 0.25) is 0 Å². The third kappa shape index (κ3) is 5.41. The molecule has 0 bridgehead atoms. The molecule has 1 rings (SSSR count). The molecular formula is C16H30O2. The highest BCUT2D eigenvalue weighted by Gasteiger charge is 2.29. The molecule has 106 valence electrons. The first-order valence-corrected chi connectivity index (χ1v) is 7.84. The summed E-state index contributed by atoms with van der Waals surface area (Å²) in [6.45, 7) is 6.10. The molecule has 18 heavy (non-hydrogen) atoms. The molecule has 0 heterocycles. The number of ether oxygens (including phenoxy) is 1. The average molecular weight is 254 g/mol. The van der Waals surface area contributed by atoms with Crippen LogP contribution in [-0.4, -0.2) is 12.1 Å². The molecule has 2 nitrogen and oxygen atoms in total. The Balaban J connectivity index is 2.46. The van der Waals surface area contributed by atoms with E-state index in [9.17, 15) is 4.79 Å². The summed E-state index contributed by atoms with van der Waals surface area (Å²) in [5.74, 6) is 1.34. The molecular weight excluding hydrogens is 224 g/mol. The van der Waals surface area contributed by atoms with Gasteiger partial charge in [0.1, 0.15) is 6.10 Å². The van der Waals surface area contributed by atoms with Crippen LogP contribution < -0.4 is 0 Å². The van der Waals surface area contributed by atoms with Crippen LogP contribution in [0.3, 0.4) is 0 Å². The number of carbonyl (C=O) groups is 1. The van der Waals surface area contributed by atoms with Crippen LogP contribution in [-0.2, 0) is 9.53 Å². The standard InChI is InChI=1S/C16H30O2/c1-4-6-9-14(5-2)12-15-10-7-8-11-16(15)18-13(3)17/h14-16H,4-12H2,1-3H3/t14-,15-,16-/m0/s1. The third-order valence-corrected chi connectivity index (χ3v) is 4.34. The maximum Gasteiger partial charge on any atom is 0.302 e. The molecule has 1 aliphatic carbocycles. The molecule has 3 atom stereocenters. The molecule has 0 saturated heterocycles. The van der Waals surface area contributed by atoms with E-state index < -0.39 is 0 Å². The van der Waals surface area contributed by atoms with Gasteiger partial charge in [0.25, 0.3) is 0 Å². The van der Waals surface area contributed by atoms with Gasteiger partial charge in [-0.3, -0.25) is 4.79 Å². The van der Waals surface area contributed by atoms with Crippen LogP contribution in [0.1, 0.15) is 78.6 Å². The monoisotopic (exact) mass is 254 g/mol. The number of hydrogen-bond acceptors (Lipinski definition) is 2. The average Bonchev–Trinajstić information content (AvgIpc) is 2.35. The quantitative estimate of drug-likeness (QED) is 0.615. The summed E-state index contributed by atoms with van der Waals surface area (Å²) in [7, 11) is 0. The van der Waals surface area contributed by atoms with Crippen molar-refractivity contribution in [2.24, 2.45) is 11.8 Å². The summed E-state index contributed by atoms with van der Waals surface area (Å²) in [5, 5.41) is 0. The normalized spacial score (nSPS) is 25.7. The number of rotatable bonds is 7. The second-order valence-electron chi connectivity index (χ2n) is 5.84. The van der Waals surface area contributed by atoms with Gasteiger partial charge in [0, 0.05) is 6.92 Å². The lowest BCUT2D eigenvalue weighted by Gasteiger charge is -2.33. The second kappa shape index (κ2) is 8.55. The van der Waals surface area contributed by atoms with Crippen molar-refractivity contribution in [1.29, 1.82) is 0 Å². The van der Waals surface area contributed by atoms with Gasteiger partial charge < -0.3 is 4.74 Å². The van der Waals surface area contributed by atoms with Crippen molar-refractivity contribution in [2.75, 3.05) is 0 Å². The second-order valence-corrected chi connectivity index (χ2v) is 5.84. The minimum absolute atomic E-state index is 0.103. The molecule has 0 aromatic heterocycles. The largest absolute Gasteiger partial charge is 0.462 e. The number of hydrogen-bond donors (Lipinski definition) is 0. The fourth-order valence-electron chi connectivity index (χ4n) is 3.22. The summed E-state index contributed by atoms with van der Waals surface area (Å²) in [6, 6.07) is 0. The molecule has 0 N–H and O–H groups in total. The van der Waals surface area contributed by atoms with Gasteiger partial charge in [-0.25, -0.2) is 0 Å². The van der Waals surface area contributed by atoms with Crippen molar-refractivity contribution in [3.05, 3.63) is 0 Å². The Labute approximate surface area is 112 Å². The molecule has 2 heteroatoms. The summed E-state index contributed by atoms with van der Waals surface area (Å²) in [5.41, 5.74) is 0. The van der Waals surface area contributed by atoms with E-state index in [0.717, 1.165) is 12.3 Å². The minimum atomic E-state index is -0.103. The van der Waals surface area contributed by atoms with Crippen LogP contribution in [0.5, 0.6) is 0 Å². The van der Waals surface area contributed by atoms with E-state index in [0.29, 0.717) is 5.92 Å². The van der Waals surface area contributed by atoms with Gasteiger partial charge in [-0.15, -0.1) is 0 Å². The highest BCUT2D eigenvalue weighted by Crippen LogP contribution is 2.34. The lowest BCUT2D eigenvalue weighted by molar-refractivity contribution is -0.151. The number of esters is 1. The Bertz CT molecular complexity index is 237. The van der Waals surface area contributed by atoms with E-state index in [1.54, 1.807) is 6.92 Å². The highest BCUT2D eigenvalue weighted by atomic mass is 16.5. The minimum Gasteiger partial charge on any atom is -0.462 e. The van der Waals surface area contributed by atoms with Gasteiger partial charge in [-0.05, 0) is 37.5 Å². The van der Waals surface area contributed by atoms with E-state index in [1.807, 2.05) is 0 Å². The smallest absolute Gasteiger partial charge is 0.302 e. The topological polar surface area (TPSA) is 26.3 Å². The molecule has 0 amide bonds. The van der Waals surface area contributed by atoms with Crippen molar-refractivity contribution in [2.45, 2.75) is 84.7 Å². The lowest BCUT2D eigenvalue weighted by Crippen LogP contribution is -2.30. The zero-order valence-corrected chi connectivity index (χ0v) is 12.4. The van der Waals surface area contributed by atoms with E-state index in [-0.39, 0.29) is 12.1 Å².